The molecule has 220 valence electrons. The maximum Gasteiger partial charge on any atom is 0.232 e. The molecule has 0 spiro atoms. The van der Waals surface area contributed by atoms with E-state index in [1.54, 1.807) is 0 Å². The van der Waals surface area contributed by atoms with Crippen molar-refractivity contribution in [1.29, 1.82) is 5.26 Å². The molecule has 0 radical (unpaired) electrons. The zero-order valence-corrected chi connectivity index (χ0v) is 25.3. The van der Waals surface area contributed by atoms with Crippen LogP contribution in [0.2, 0.25) is 0 Å². The standard InChI is InChI=1S/C42H26N4O/c43-24-26-10-17-34-35-18-15-31(23-38(35)46(37(34)20-26)33-6-2-1-3-7-33)29-12-11-28-22-30(14-13-27(28)21-29)32-16-19-40-44-41-36-8-4-5-9-39(36)47-42(41)45(40)25-32/h1-2,4-6,8-23,25H,3,7H2. The lowest BCUT2D eigenvalue weighted by Crippen LogP contribution is -1.99. The van der Waals surface area contributed by atoms with Crippen molar-refractivity contribution >= 4 is 66.1 Å². The van der Waals surface area contributed by atoms with Gasteiger partial charge in [0.2, 0.25) is 5.71 Å². The average molecular weight is 603 g/mol. The molecule has 1 aliphatic rings. The Morgan fingerprint density at radius 1 is 0.702 bits per heavy atom. The Bertz CT molecular complexity index is 2870. The van der Waals surface area contributed by atoms with Gasteiger partial charge < -0.3 is 8.98 Å². The number of hydrogen-bond donors (Lipinski definition) is 0. The molecule has 4 aromatic heterocycles. The molecule has 5 nitrogen and oxygen atoms in total. The summed E-state index contributed by atoms with van der Waals surface area (Å²) >= 11 is 0. The van der Waals surface area contributed by atoms with E-state index in [4.69, 9.17) is 9.40 Å². The van der Waals surface area contributed by atoms with E-state index in [1.165, 1.54) is 38.4 Å². The Morgan fingerprint density at radius 2 is 1.43 bits per heavy atom. The second-order valence-corrected chi connectivity index (χ2v) is 12.3. The molecule has 5 heteroatoms. The number of benzene rings is 5. The van der Waals surface area contributed by atoms with E-state index < -0.39 is 0 Å². The number of fused-ring (bicyclic) bond motifs is 9. The first-order chi connectivity index (χ1) is 23.2. The number of para-hydroxylation sites is 1. The highest BCUT2D eigenvalue weighted by Gasteiger charge is 2.17. The van der Waals surface area contributed by atoms with E-state index in [-0.39, 0.29) is 0 Å². The minimum absolute atomic E-state index is 0.676. The van der Waals surface area contributed by atoms with Crippen molar-refractivity contribution in [3.63, 3.8) is 0 Å². The molecule has 0 saturated heterocycles. The van der Waals surface area contributed by atoms with Crippen molar-refractivity contribution in [2.75, 3.05) is 0 Å². The number of rotatable bonds is 3. The lowest BCUT2D eigenvalue weighted by Gasteiger charge is -2.14. The quantitative estimate of drug-likeness (QED) is 0.202. The Labute approximate surface area is 269 Å². The summed E-state index contributed by atoms with van der Waals surface area (Å²) in [6.45, 7) is 0. The number of nitriles is 1. The van der Waals surface area contributed by atoms with Crippen LogP contribution in [0.4, 0.5) is 0 Å². The van der Waals surface area contributed by atoms with Crippen molar-refractivity contribution in [1.82, 2.24) is 14.0 Å². The number of allylic oxidation sites excluding steroid dienone is 4. The Hall–Kier alpha value is -6.38. The molecule has 0 aliphatic heterocycles. The smallest absolute Gasteiger partial charge is 0.232 e. The summed E-state index contributed by atoms with van der Waals surface area (Å²) in [4.78, 5) is 4.85. The summed E-state index contributed by atoms with van der Waals surface area (Å²) in [6, 6.07) is 40.7. The second-order valence-electron chi connectivity index (χ2n) is 12.3. The van der Waals surface area contributed by atoms with Gasteiger partial charge in [0.15, 0.2) is 0 Å². The van der Waals surface area contributed by atoms with Crippen LogP contribution in [0.15, 0.2) is 138 Å². The van der Waals surface area contributed by atoms with Gasteiger partial charge in [0.1, 0.15) is 16.7 Å². The van der Waals surface area contributed by atoms with E-state index in [9.17, 15) is 5.26 Å². The zero-order valence-electron chi connectivity index (χ0n) is 25.3. The SMILES string of the molecule is N#Cc1ccc2c3ccc(-c4ccc5cc(-c6ccc7nc8c9ccccc9oc8n7c6)ccc5c4)cc3n(C3=CC=CCC3)c2c1. The number of hydrogen-bond acceptors (Lipinski definition) is 3. The van der Waals surface area contributed by atoms with Gasteiger partial charge in [-0.15, -0.1) is 0 Å². The van der Waals surface area contributed by atoms with Gasteiger partial charge in [-0.1, -0.05) is 66.7 Å². The molecule has 0 fully saturated rings. The van der Waals surface area contributed by atoms with Gasteiger partial charge in [-0.3, -0.25) is 4.40 Å². The van der Waals surface area contributed by atoms with Crippen LogP contribution >= 0.6 is 0 Å². The molecule has 5 aromatic carbocycles. The van der Waals surface area contributed by atoms with Crippen molar-refractivity contribution in [2.45, 2.75) is 12.8 Å². The van der Waals surface area contributed by atoms with Crippen LogP contribution in [-0.2, 0) is 0 Å². The fraction of sp³-hybridized carbons (Fsp3) is 0.0476. The van der Waals surface area contributed by atoms with Crippen molar-refractivity contribution in [3.05, 3.63) is 139 Å². The molecular weight excluding hydrogens is 576 g/mol. The highest BCUT2D eigenvalue weighted by atomic mass is 16.3. The topological polar surface area (TPSA) is 59.2 Å². The van der Waals surface area contributed by atoms with Gasteiger partial charge in [-0.2, -0.15) is 5.26 Å². The number of nitrogens with zero attached hydrogens (tertiary/aromatic N) is 4. The Morgan fingerprint density at radius 3 is 2.23 bits per heavy atom. The third-order valence-electron chi connectivity index (χ3n) is 9.61. The van der Waals surface area contributed by atoms with E-state index in [1.807, 2.05) is 34.7 Å². The predicted molar refractivity (Wildman–Crippen MR) is 191 cm³/mol. The Balaban J connectivity index is 1.06. The third-order valence-corrected chi connectivity index (χ3v) is 9.61. The number of aromatic nitrogens is 3. The number of pyridine rings is 1. The molecule has 0 saturated carbocycles. The highest BCUT2D eigenvalue weighted by molar-refractivity contribution is 6.11. The lowest BCUT2D eigenvalue weighted by atomic mass is 9.97. The van der Waals surface area contributed by atoms with Crippen molar-refractivity contribution in [3.8, 4) is 28.3 Å². The summed E-state index contributed by atoms with van der Waals surface area (Å²) in [5, 5.41) is 15.4. The van der Waals surface area contributed by atoms with Gasteiger partial charge in [0, 0.05) is 28.1 Å². The third kappa shape index (κ3) is 3.92. The van der Waals surface area contributed by atoms with Gasteiger partial charge in [-0.25, -0.2) is 4.98 Å². The maximum absolute atomic E-state index is 9.64. The van der Waals surface area contributed by atoms with Gasteiger partial charge >= 0.3 is 0 Å². The second kappa shape index (κ2) is 9.81. The monoisotopic (exact) mass is 602 g/mol. The zero-order chi connectivity index (χ0) is 31.1. The fourth-order valence-corrected chi connectivity index (χ4v) is 7.28. The van der Waals surface area contributed by atoms with Crippen LogP contribution in [0.25, 0.3) is 88.4 Å². The molecule has 0 atom stereocenters. The van der Waals surface area contributed by atoms with Crippen LogP contribution < -0.4 is 0 Å². The summed E-state index contributed by atoms with van der Waals surface area (Å²) in [5.74, 6) is 0. The summed E-state index contributed by atoms with van der Waals surface area (Å²) in [7, 11) is 0. The Kier molecular flexibility index (Phi) is 5.40. The first-order valence-corrected chi connectivity index (χ1v) is 15.9. The van der Waals surface area contributed by atoms with Crippen LogP contribution in [0, 0.1) is 11.3 Å². The average Bonchev–Trinajstić information content (AvgIpc) is 3.78. The maximum atomic E-state index is 9.64. The first kappa shape index (κ1) is 25.9. The lowest BCUT2D eigenvalue weighted by molar-refractivity contribution is 0.649. The van der Waals surface area contributed by atoms with Crippen LogP contribution in [0.5, 0.6) is 0 Å². The molecule has 0 amide bonds. The van der Waals surface area contributed by atoms with Gasteiger partial charge in [0.25, 0.3) is 0 Å². The van der Waals surface area contributed by atoms with Crippen molar-refractivity contribution in [2.24, 2.45) is 0 Å². The van der Waals surface area contributed by atoms with E-state index in [2.05, 4.69) is 114 Å². The highest BCUT2D eigenvalue weighted by Crippen LogP contribution is 2.38. The molecule has 47 heavy (non-hydrogen) atoms. The largest absolute Gasteiger partial charge is 0.437 e. The van der Waals surface area contributed by atoms with Crippen LogP contribution in [0.3, 0.4) is 0 Å². The van der Waals surface area contributed by atoms with Crippen molar-refractivity contribution < 1.29 is 4.42 Å². The van der Waals surface area contributed by atoms with Gasteiger partial charge in [0.05, 0.1) is 22.7 Å². The molecule has 0 bridgehead atoms. The predicted octanol–water partition coefficient (Wildman–Crippen LogP) is 10.9. The van der Waals surface area contributed by atoms with E-state index in [0.717, 1.165) is 62.8 Å². The summed E-state index contributed by atoms with van der Waals surface area (Å²) < 4.78 is 10.6. The molecule has 1 aliphatic carbocycles. The van der Waals surface area contributed by atoms with E-state index in [0.29, 0.717) is 5.56 Å². The van der Waals surface area contributed by atoms with Crippen LogP contribution in [-0.4, -0.2) is 14.0 Å². The van der Waals surface area contributed by atoms with E-state index >= 15 is 0 Å². The molecule has 0 unspecified atom stereocenters. The van der Waals surface area contributed by atoms with Crippen LogP contribution in [0.1, 0.15) is 18.4 Å². The first-order valence-electron chi connectivity index (χ1n) is 15.9. The molecule has 4 heterocycles. The molecule has 10 rings (SSSR count). The normalized spacial score (nSPS) is 13.4. The fourth-order valence-electron chi connectivity index (χ4n) is 7.28. The minimum Gasteiger partial charge on any atom is -0.437 e. The summed E-state index contributed by atoms with van der Waals surface area (Å²) in [6.07, 6.45) is 10.6. The van der Waals surface area contributed by atoms with Gasteiger partial charge in [-0.05, 0) is 107 Å². The summed E-state index contributed by atoms with van der Waals surface area (Å²) in [5.41, 5.74) is 12.1. The minimum atomic E-state index is 0.676. The number of furan rings is 1. The molecular formula is C42H26N4O. The number of imidazole rings is 1. The molecule has 9 aromatic rings. The molecule has 0 N–H and O–H groups in total.